The van der Waals surface area contributed by atoms with Crippen LogP contribution >= 0.6 is 31.9 Å². The summed E-state index contributed by atoms with van der Waals surface area (Å²) in [5.74, 6) is 0. The first-order valence-corrected chi connectivity index (χ1v) is 4.76. The Balaban J connectivity index is 3.36. The van der Waals surface area contributed by atoms with Crippen LogP contribution in [-0.2, 0) is 6.61 Å². The van der Waals surface area contributed by atoms with Gasteiger partial charge in [-0.3, -0.25) is 0 Å². The lowest BCUT2D eigenvalue weighted by atomic mass is 10.1. The molecule has 0 aliphatic rings. The van der Waals surface area contributed by atoms with Gasteiger partial charge in [0.2, 0.25) is 0 Å². The first-order valence-electron chi connectivity index (χ1n) is 3.18. The van der Waals surface area contributed by atoms with Crippen molar-refractivity contribution in [1.82, 2.24) is 0 Å². The summed E-state index contributed by atoms with van der Waals surface area (Å²) in [6.07, 6.45) is 0. The van der Waals surface area contributed by atoms with Crippen LogP contribution in [0, 0.1) is 11.3 Å². The summed E-state index contributed by atoms with van der Waals surface area (Å²) in [5.41, 5.74) is 1.11. The molecule has 62 valence electrons. The predicted molar refractivity (Wildman–Crippen MR) is 52.5 cm³/mol. The number of nitrogens with zero attached hydrogens (tertiary/aromatic N) is 1. The minimum atomic E-state index is -0.128. The first kappa shape index (κ1) is 9.72. The lowest BCUT2D eigenvalue weighted by molar-refractivity contribution is 0.280. The van der Waals surface area contributed by atoms with Crippen molar-refractivity contribution in [3.05, 3.63) is 32.2 Å². The zero-order valence-corrected chi connectivity index (χ0v) is 9.18. The summed E-state index contributed by atoms with van der Waals surface area (Å²) < 4.78 is 1.57. The average molecular weight is 291 g/mol. The van der Waals surface area contributed by atoms with E-state index in [0.29, 0.717) is 11.1 Å². The first-order chi connectivity index (χ1) is 5.69. The summed E-state index contributed by atoms with van der Waals surface area (Å²) in [4.78, 5) is 0. The van der Waals surface area contributed by atoms with Crippen LogP contribution in [0.15, 0.2) is 21.1 Å². The van der Waals surface area contributed by atoms with Crippen molar-refractivity contribution in [2.45, 2.75) is 6.61 Å². The SMILES string of the molecule is N#Cc1cc(Br)cc(Br)c1CO. The van der Waals surface area contributed by atoms with Crippen LogP contribution in [0.25, 0.3) is 0 Å². The fourth-order valence-corrected chi connectivity index (χ4v) is 2.21. The number of benzene rings is 1. The average Bonchev–Trinajstić information content (AvgIpc) is 2.03. The molecule has 0 aromatic heterocycles. The van der Waals surface area contributed by atoms with Gasteiger partial charge in [-0.15, -0.1) is 0 Å². The van der Waals surface area contributed by atoms with Crippen LogP contribution in [-0.4, -0.2) is 5.11 Å². The maximum Gasteiger partial charge on any atom is 0.0996 e. The number of aliphatic hydroxyl groups excluding tert-OH is 1. The number of aliphatic hydroxyl groups is 1. The van der Waals surface area contributed by atoms with Gasteiger partial charge in [0, 0.05) is 14.5 Å². The van der Waals surface area contributed by atoms with Gasteiger partial charge in [0.25, 0.3) is 0 Å². The van der Waals surface area contributed by atoms with Gasteiger partial charge in [0.05, 0.1) is 18.2 Å². The van der Waals surface area contributed by atoms with E-state index in [0.717, 1.165) is 8.95 Å². The zero-order valence-electron chi connectivity index (χ0n) is 6.01. The van der Waals surface area contributed by atoms with Gasteiger partial charge in [-0.2, -0.15) is 5.26 Å². The molecule has 0 atom stereocenters. The molecule has 0 aliphatic heterocycles. The quantitative estimate of drug-likeness (QED) is 0.864. The molecule has 0 saturated carbocycles. The molecule has 0 spiro atoms. The highest BCUT2D eigenvalue weighted by Gasteiger charge is 2.06. The van der Waals surface area contributed by atoms with Gasteiger partial charge in [-0.05, 0) is 12.1 Å². The van der Waals surface area contributed by atoms with Crippen LogP contribution in [0.3, 0.4) is 0 Å². The Morgan fingerprint density at radius 1 is 1.42 bits per heavy atom. The number of hydrogen-bond donors (Lipinski definition) is 1. The van der Waals surface area contributed by atoms with Crippen LogP contribution < -0.4 is 0 Å². The molecule has 0 radical (unpaired) electrons. The fraction of sp³-hybridized carbons (Fsp3) is 0.125. The fourth-order valence-electron chi connectivity index (χ4n) is 0.864. The molecule has 0 bridgehead atoms. The van der Waals surface area contributed by atoms with E-state index in [9.17, 15) is 0 Å². The third-order valence-corrected chi connectivity index (χ3v) is 2.60. The third kappa shape index (κ3) is 1.86. The summed E-state index contributed by atoms with van der Waals surface area (Å²) in [6, 6.07) is 5.48. The van der Waals surface area contributed by atoms with Gasteiger partial charge >= 0.3 is 0 Å². The maximum absolute atomic E-state index is 8.92. The van der Waals surface area contributed by atoms with Crippen molar-refractivity contribution < 1.29 is 5.11 Å². The molecular formula is C8H5Br2NO. The highest BCUT2D eigenvalue weighted by molar-refractivity contribution is 9.11. The Morgan fingerprint density at radius 2 is 2.08 bits per heavy atom. The van der Waals surface area contributed by atoms with E-state index in [1.807, 2.05) is 6.07 Å². The predicted octanol–water partition coefficient (Wildman–Crippen LogP) is 2.58. The molecule has 4 heteroatoms. The van der Waals surface area contributed by atoms with E-state index in [1.54, 1.807) is 12.1 Å². The smallest absolute Gasteiger partial charge is 0.0996 e. The number of halogens is 2. The van der Waals surface area contributed by atoms with Crippen LogP contribution in [0.2, 0.25) is 0 Å². The highest BCUT2D eigenvalue weighted by atomic mass is 79.9. The standard InChI is InChI=1S/C8H5Br2NO/c9-6-1-5(3-11)7(4-12)8(10)2-6/h1-2,12H,4H2. The number of nitriles is 1. The van der Waals surface area contributed by atoms with Crippen molar-refractivity contribution in [2.75, 3.05) is 0 Å². The second-order valence-corrected chi connectivity index (χ2v) is 3.95. The van der Waals surface area contributed by atoms with Crippen molar-refractivity contribution in [2.24, 2.45) is 0 Å². The van der Waals surface area contributed by atoms with E-state index >= 15 is 0 Å². The number of rotatable bonds is 1. The molecule has 1 aromatic carbocycles. The summed E-state index contributed by atoms with van der Waals surface area (Å²) in [7, 11) is 0. The molecule has 1 aromatic rings. The van der Waals surface area contributed by atoms with Gasteiger partial charge in [-0.25, -0.2) is 0 Å². The van der Waals surface area contributed by atoms with Gasteiger partial charge < -0.3 is 5.11 Å². The summed E-state index contributed by atoms with van der Waals surface area (Å²) in [5, 5.41) is 17.6. The lowest BCUT2D eigenvalue weighted by Gasteiger charge is -2.03. The van der Waals surface area contributed by atoms with E-state index in [2.05, 4.69) is 31.9 Å². The van der Waals surface area contributed by atoms with Gasteiger partial charge in [-0.1, -0.05) is 31.9 Å². The van der Waals surface area contributed by atoms with Gasteiger partial charge in [0.15, 0.2) is 0 Å². The van der Waals surface area contributed by atoms with Crippen molar-refractivity contribution >= 4 is 31.9 Å². The third-order valence-electron chi connectivity index (χ3n) is 1.44. The number of hydrogen-bond acceptors (Lipinski definition) is 2. The highest BCUT2D eigenvalue weighted by Crippen LogP contribution is 2.25. The monoisotopic (exact) mass is 289 g/mol. The van der Waals surface area contributed by atoms with Crippen LogP contribution in [0.4, 0.5) is 0 Å². The minimum Gasteiger partial charge on any atom is -0.392 e. The Hall–Kier alpha value is -0.370. The van der Waals surface area contributed by atoms with E-state index in [4.69, 9.17) is 10.4 Å². The molecule has 0 aliphatic carbocycles. The van der Waals surface area contributed by atoms with Crippen LogP contribution in [0.1, 0.15) is 11.1 Å². The normalized spacial score (nSPS) is 9.50. The molecule has 0 amide bonds. The molecule has 1 N–H and O–H groups in total. The van der Waals surface area contributed by atoms with E-state index in [1.165, 1.54) is 0 Å². The Bertz CT molecular complexity index is 344. The Morgan fingerprint density at radius 3 is 2.58 bits per heavy atom. The Labute approximate surface area is 87.1 Å². The van der Waals surface area contributed by atoms with E-state index < -0.39 is 0 Å². The second-order valence-electron chi connectivity index (χ2n) is 2.18. The van der Waals surface area contributed by atoms with Crippen molar-refractivity contribution in [1.29, 1.82) is 5.26 Å². The molecule has 0 fully saturated rings. The summed E-state index contributed by atoms with van der Waals surface area (Å²) >= 11 is 6.51. The summed E-state index contributed by atoms with van der Waals surface area (Å²) in [6.45, 7) is -0.128. The zero-order chi connectivity index (χ0) is 9.14. The lowest BCUT2D eigenvalue weighted by Crippen LogP contribution is -1.91. The Kier molecular flexibility index (Phi) is 3.27. The van der Waals surface area contributed by atoms with Gasteiger partial charge in [0.1, 0.15) is 0 Å². The minimum absolute atomic E-state index is 0.128. The molecule has 0 saturated heterocycles. The molecule has 0 heterocycles. The largest absolute Gasteiger partial charge is 0.392 e. The molecule has 2 nitrogen and oxygen atoms in total. The van der Waals surface area contributed by atoms with Crippen LogP contribution in [0.5, 0.6) is 0 Å². The molecular weight excluding hydrogens is 286 g/mol. The molecule has 1 rings (SSSR count). The molecule has 0 unspecified atom stereocenters. The van der Waals surface area contributed by atoms with Crippen molar-refractivity contribution in [3.63, 3.8) is 0 Å². The van der Waals surface area contributed by atoms with E-state index in [-0.39, 0.29) is 6.61 Å². The maximum atomic E-state index is 8.92. The van der Waals surface area contributed by atoms with Crippen molar-refractivity contribution in [3.8, 4) is 6.07 Å². The second kappa shape index (κ2) is 4.04. The molecule has 12 heavy (non-hydrogen) atoms. The topological polar surface area (TPSA) is 44.0 Å².